The summed E-state index contributed by atoms with van der Waals surface area (Å²) in [5.41, 5.74) is -0.0337. The zero-order valence-electron chi connectivity index (χ0n) is 8.93. The van der Waals surface area contributed by atoms with Crippen molar-refractivity contribution in [2.75, 3.05) is 6.61 Å². The highest BCUT2D eigenvalue weighted by molar-refractivity contribution is 5.85. The Bertz CT molecular complexity index is 377. The molecule has 1 aromatic rings. The quantitative estimate of drug-likeness (QED) is 0.821. The monoisotopic (exact) mass is 222 g/mol. The third kappa shape index (κ3) is 2.68. The van der Waals surface area contributed by atoms with Crippen molar-refractivity contribution < 1.29 is 14.6 Å². The Morgan fingerprint density at radius 2 is 2.38 bits per heavy atom. The molecule has 1 aromatic heterocycles. The lowest BCUT2D eigenvalue weighted by Gasteiger charge is -2.24. The van der Waals surface area contributed by atoms with Crippen LogP contribution in [0.5, 0.6) is 6.01 Å². The van der Waals surface area contributed by atoms with Gasteiger partial charge in [-0.15, -0.1) is 0 Å². The van der Waals surface area contributed by atoms with Gasteiger partial charge in [0.05, 0.1) is 6.61 Å². The number of carboxylic acids is 1. The van der Waals surface area contributed by atoms with Crippen molar-refractivity contribution >= 4 is 5.97 Å². The Morgan fingerprint density at radius 3 is 3.00 bits per heavy atom. The van der Waals surface area contributed by atoms with E-state index >= 15 is 0 Å². The van der Waals surface area contributed by atoms with Crippen LogP contribution in [0, 0.1) is 5.92 Å². The Kier molecular flexibility index (Phi) is 3.34. The van der Waals surface area contributed by atoms with Crippen molar-refractivity contribution in [2.24, 2.45) is 5.92 Å². The Morgan fingerprint density at radius 1 is 1.56 bits per heavy atom. The first-order valence-corrected chi connectivity index (χ1v) is 5.45. The Labute approximate surface area is 93.5 Å². The smallest absolute Gasteiger partial charge is 0.354 e. The molecule has 1 saturated carbocycles. The minimum absolute atomic E-state index is 0.0337. The van der Waals surface area contributed by atoms with Crippen molar-refractivity contribution in [3.8, 4) is 6.01 Å². The molecule has 5 nitrogen and oxygen atoms in total. The Hall–Kier alpha value is -1.65. The molecule has 1 fully saturated rings. The van der Waals surface area contributed by atoms with Gasteiger partial charge in [-0.2, -0.15) is 4.98 Å². The van der Waals surface area contributed by atoms with Gasteiger partial charge in [-0.05, 0) is 18.4 Å². The van der Waals surface area contributed by atoms with Crippen LogP contribution < -0.4 is 4.74 Å². The minimum Gasteiger partial charge on any atom is -0.477 e. The number of hydrogen-bond donors (Lipinski definition) is 1. The fraction of sp³-hybridized carbons (Fsp3) is 0.545. The Balaban J connectivity index is 1.83. The van der Waals surface area contributed by atoms with Gasteiger partial charge in [-0.25, -0.2) is 9.78 Å². The molecule has 5 heteroatoms. The highest BCUT2D eigenvalue weighted by Gasteiger charge is 2.17. The molecule has 0 amide bonds. The van der Waals surface area contributed by atoms with Crippen LogP contribution in [0.2, 0.25) is 0 Å². The number of hydrogen-bond acceptors (Lipinski definition) is 4. The van der Waals surface area contributed by atoms with E-state index in [0.29, 0.717) is 6.61 Å². The molecule has 0 radical (unpaired) electrons. The molecule has 1 aliphatic carbocycles. The average molecular weight is 222 g/mol. The summed E-state index contributed by atoms with van der Waals surface area (Å²) < 4.78 is 5.32. The molecule has 0 aliphatic heterocycles. The molecule has 1 aliphatic rings. The second-order valence-electron chi connectivity index (χ2n) is 3.96. The predicted octanol–water partition coefficient (Wildman–Crippen LogP) is 1.74. The molecule has 86 valence electrons. The predicted molar refractivity (Wildman–Crippen MR) is 56.4 cm³/mol. The lowest BCUT2D eigenvalue weighted by atomic mass is 9.83. The van der Waals surface area contributed by atoms with Crippen LogP contribution in [0.4, 0.5) is 0 Å². The first-order valence-electron chi connectivity index (χ1n) is 5.45. The maximum Gasteiger partial charge on any atom is 0.354 e. The van der Waals surface area contributed by atoms with Crippen molar-refractivity contribution in [1.29, 1.82) is 0 Å². The summed E-state index contributed by atoms with van der Waals surface area (Å²) in [5.74, 6) is -0.297. The number of ether oxygens (including phenoxy) is 1. The van der Waals surface area contributed by atoms with Crippen molar-refractivity contribution in [3.05, 3.63) is 18.0 Å². The highest BCUT2D eigenvalue weighted by atomic mass is 16.5. The van der Waals surface area contributed by atoms with Crippen LogP contribution in [0.25, 0.3) is 0 Å². The summed E-state index contributed by atoms with van der Waals surface area (Å²) in [7, 11) is 0. The summed E-state index contributed by atoms with van der Waals surface area (Å²) in [6.45, 7) is 0.563. The van der Waals surface area contributed by atoms with Gasteiger partial charge >= 0.3 is 12.0 Å². The van der Waals surface area contributed by atoms with E-state index in [2.05, 4.69) is 9.97 Å². The van der Waals surface area contributed by atoms with Gasteiger partial charge in [0, 0.05) is 6.20 Å². The van der Waals surface area contributed by atoms with Crippen LogP contribution in [0.3, 0.4) is 0 Å². The largest absolute Gasteiger partial charge is 0.477 e. The third-order valence-electron chi connectivity index (χ3n) is 2.83. The number of carboxylic acid groups (broad SMARTS) is 1. The first-order chi connectivity index (χ1) is 7.75. The van der Waals surface area contributed by atoms with E-state index in [4.69, 9.17) is 9.84 Å². The molecule has 2 rings (SSSR count). The van der Waals surface area contributed by atoms with Gasteiger partial charge in [-0.1, -0.05) is 19.3 Å². The van der Waals surface area contributed by atoms with Gasteiger partial charge < -0.3 is 9.84 Å². The average Bonchev–Trinajstić information content (AvgIpc) is 2.22. The SMILES string of the molecule is O=C(O)c1ccnc(OCCC2CCC2)n1. The van der Waals surface area contributed by atoms with Crippen LogP contribution in [-0.4, -0.2) is 27.7 Å². The van der Waals surface area contributed by atoms with E-state index in [-0.39, 0.29) is 11.7 Å². The second kappa shape index (κ2) is 4.92. The number of aromatic nitrogens is 2. The van der Waals surface area contributed by atoms with Crippen LogP contribution in [0.15, 0.2) is 12.3 Å². The van der Waals surface area contributed by atoms with Gasteiger partial charge in [-0.3, -0.25) is 0 Å². The zero-order valence-corrected chi connectivity index (χ0v) is 8.93. The minimum atomic E-state index is -1.06. The van der Waals surface area contributed by atoms with Gasteiger partial charge in [0.15, 0.2) is 5.69 Å². The third-order valence-corrected chi connectivity index (χ3v) is 2.83. The molecule has 0 bridgehead atoms. The molecule has 0 unspecified atom stereocenters. The fourth-order valence-corrected chi connectivity index (χ4v) is 1.63. The first kappa shape index (κ1) is 10.9. The summed E-state index contributed by atoms with van der Waals surface area (Å²) >= 11 is 0. The summed E-state index contributed by atoms with van der Waals surface area (Å²) in [6.07, 6.45) is 6.27. The molecule has 0 aromatic carbocycles. The van der Waals surface area contributed by atoms with Crippen molar-refractivity contribution in [1.82, 2.24) is 9.97 Å². The number of rotatable bonds is 5. The molecule has 1 N–H and O–H groups in total. The standard InChI is InChI=1S/C11H14N2O3/c14-10(15)9-4-6-12-11(13-9)16-7-5-8-2-1-3-8/h4,6,8H,1-3,5,7H2,(H,14,15). The van der Waals surface area contributed by atoms with Crippen LogP contribution >= 0.6 is 0 Å². The molecule has 0 spiro atoms. The second-order valence-corrected chi connectivity index (χ2v) is 3.96. The summed E-state index contributed by atoms with van der Waals surface area (Å²) in [6, 6.07) is 1.50. The maximum absolute atomic E-state index is 10.6. The molecule has 1 heterocycles. The highest BCUT2D eigenvalue weighted by Crippen LogP contribution is 2.29. The molecular formula is C11H14N2O3. The van der Waals surface area contributed by atoms with E-state index in [0.717, 1.165) is 12.3 Å². The van der Waals surface area contributed by atoms with Gasteiger partial charge in [0.1, 0.15) is 0 Å². The number of aromatic carboxylic acids is 1. The molecule has 0 saturated heterocycles. The normalized spacial score (nSPS) is 15.5. The zero-order chi connectivity index (χ0) is 11.4. The summed E-state index contributed by atoms with van der Waals surface area (Å²) in [4.78, 5) is 18.3. The topological polar surface area (TPSA) is 72.3 Å². The van der Waals surface area contributed by atoms with E-state index in [9.17, 15) is 4.79 Å². The number of carbonyl (C=O) groups is 1. The fourth-order valence-electron chi connectivity index (χ4n) is 1.63. The van der Waals surface area contributed by atoms with Gasteiger partial charge in [0.2, 0.25) is 0 Å². The van der Waals surface area contributed by atoms with Crippen molar-refractivity contribution in [2.45, 2.75) is 25.7 Å². The summed E-state index contributed by atoms with van der Waals surface area (Å²) in [5, 5.41) is 8.72. The number of nitrogens with zero attached hydrogens (tertiary/aromatic N) is 2. The lowest BCUT2D eigenvalue weighted by molar-refractivity contribution is 0.0688. The van der Waals surface area contributed by atoms with E-state index in [1.165, 1.54) is 31.5 Å². The van der Waals surface area contributed by atoms with Gasteiger partial charge in [0.25, 0.3) is 0 Å². The van der Waals surface area contributed by atoms with E-state index in [1.807, 2.05) is 0 Å². The molecular weight excluding hydrogens is 208 g/mol. The molecule has 0 atom stereocenters. The molecule has 16 heavy (non-hydrogen) atoms. The lowest BCUT2D eigenvalue weighted by Crippen LogP contribution is -2.15. The van der Waals surface area contributed by atoms with Crippen LogP contribution in [0.1, 0.15) is 36.2 Å². The van der Waals surface area contributed by atoms with E-state index in [1.54, 1.807) is 0 Å². The maximum atomic E-state index is 10.6. The van der Waals surface area contributed by atoms with Crippen molar-refractivity contribution in [3.63, 3.8) is 0 Å². The van der Waals surface area contributed by atoms with Crippen LogP contribution in [-0.2, 0) is 0 Å². The van der Waals surface area contributed by atoms with E-state index < -0.39 is 5.97 Å².